The Hall–Kier alpha value is -3.88. The van der Waals surface area contributed by atoms with Crippen molar-refractivity contribution < 1.29 is 19.1 Å². The Balaban J connectivity index is 1.42. The molecule has 1 atom stereocenters. The predicted molar refractivity (Wildman–Crippen MR) is 136 cm³/mol. The zero-order valence-corrected chi connectivity index (χ0v) is 21.1. The van der Waals surface area contributed by atoms with E-state index in [1.165, 1.54) is 4.90 Å². The van der Waals surface area contributed by atoms with E-state index in [1.807, 2.05) is 44.6 Å². The van der Waals surface area contributed by atoms with Crippen LogP contribution in [0, 0.1) is 0 Å². The van der Waals surface area contributed by atoms with Crippen LogP contribution in [0.1, 0.15) is 60.0 Å². The Morgan fingerprint density at radius 1 is 1.14 bits per heavy atom. The number of hydrogen-bond acceptors (Lipinski definition) is 6. The molecule has 2 aromatic heterocycles. The number of anilines is 1. The fraction of sp³-hybridized carbons (Fsp3) is 0.407. The number of pyridine rings is 1. The van der Waals surface area contributed by atoms with Gasteiger partial charge >= 0.3 is 6.09 Å². The normalized spacial score (nSPS) is 18.1. The van der Waals surface area contributed by atoms with Crippen LogP contribution < -0.4 is 10.2 Å². The fourth-order valence-corrected chi connectivity index (χ4v) is 5.01. The average molecular weight is 490 g/mol. The molecule has 9 nitrogen and oxygen atoms in total. The Kier molecular flexibility index (Phi) is 5.94. The van der Waals surface area contributed by atoms with Gasteiger partial charge in [0.15, 0.2) is 0 Å². The molecule has 2 aliphatic heterocycles. The van der Waals surface area contributed by atoms with Crippen LogP contribution in [0.15, 0.2) is 42.6 Å². The highest BCUT2D eigenvalue weighted by molar-refractivity contribution is 6.21. The van der Waals surface area contributed by atoms with E-state index in [2.05, 4.69) is 16.3 Å². The molecule has 1 saturated heterocycles. The molecule has 2 aliphatic rings. The summed E-state index contributed by atoms with van der Waals surface area (Å²) in [5.41, 5.74) is 3.72. The number of aromatic nitrogens is 2. The van der Waals surface area contributed by atoms with Crippen LogP contribution in [0.2, 0.25) is 0 Å². The maximum absolute atomic E-state index is 13.1. The first kappa shape index (κ1) is 23.8. The molecule has 3 amide bonds. The van der Waals surface area contributed by atoms with E-state index in [0.29, 0.717) is 23.4 Å². The van der Waals surface area contributed by atoms with Gasteiger partial charge in [-0.3, -0.25) is 14.5 Å². The van der Waals surface area contributed by atoms with Crippen LogP contribution in [0.5, 0.6) is 0 Å². The van der Waals surface area contributed by atoms with Crippen molar-refractivity contribution >= 4 is 34.6 Å². The molecule has 9 heteroatoms. The van der Waals surface area contributed by atoms with Crippen molar-refractivity contribution in [3.8, 4) is 0 Å². The third-order valence-electron chi connectivity index (χ3n) is 6.65. The number of rotatable bonds is 4. The van der Waals surface area contributed by atoms with Gasteiger partial charge in [0.1, 0.15) is 5.60 Å². The highest BCUT2D eigenvalue weighted by Crippen LogP contribution is 2.32. The van der Waals surface area contributed by atoms with E-state index in [0.717, 1.165) is 36.1 Å². The van der Waals surface area contributed by atoms with Gasteiger partial charge in [-0.15, -0.1) is 0 Å². The zero-order chi connectivity index (χ0) is 25.6. The lowest BCUT2D eigenvalue weighted by atomic mass is 10.0. The number of nitrogens with one attached hydrogen (secondary N) is 1. The number of piperidine rings is 1. The second-order valence-corrected chi connectivity index (χ2v) is 10.4. The molecule has 188 valence electrons. The van der Waals surface area contributed by atoms with E-state index in [-0.39, 0.29) is 24.4 Å². The van der Waals surface area contributed by atoms with Gasteiger partial charge in [-0.25, -0.2) is 9.78 Å². The standard InChI is InChI=1S/C27H31N5O4/c1-27(2,3)36-26(35)28-15-21-23(14-22-20(29-21)11-13-30(22)4)31-12-7-8-17(16-31)32-24(33)18-9-5-6-10-19(18)25(32)34/h5-6,9-11,13-14,17H,7-8,12,15-16H2,1-4H3,(H,28,35). The fourth-order valence-electron chi connectivity index (χ4n) is 5.01. The van der Waals surface area contributed by atoms with Crippen LogP contribution >= 0.6 is 0 Å². The second-order valence-electron chi connectivity index (χ2n) is 10.4. The number of alkyl carbamates (subject to hydrolysis) is 1. The Morgan fingerprint density at radius 2 is 1.83 bits per heavy atom. The number of amides is 3. The van der Waals surface area contributed by atoms with Gasteiger partial charge in [0.05, 0.1) is 46.1 Å². The molecule has 1 fully saturated rings. The lowest BCUT2D eigenvalue weighted by molar-refractivity contribution is 0.0518. The van der Waals surface area contributed by atoms with Gasteiger partial charge in [-0.05, 0) is 57.9 Å². The van der Waals surface area contributed by atoms with E-state index < -0.39 is 11.7 Å². The summed E-state index contributed by atoms with van der Waals surface area (Å²) in [6.45, 7) is 6.92. The maximum atomic E-state index is 13.1. The maximum Gasteiger partial charge on any atom is 0.407 e. The first-order chi connectivity index (χ1) is 17.1. The first-order valence-corrected chi connectivity index (χ1v) is 12.3. The predicted octanol–water partition coefficient (Wildman–Crippen LogP) is 3.86. The molecular formula is C27H31N5O4. The number of aryl methyl sites for hydroxylation is 1. The second kappa shape index (κ2) is 8.96. The van der Waals surface area contributed by atoms with Gasteiger partial charge in [0.25, 0.3) is 11.8 Å². The zero-order valence-electron chi connectivity index (χ0n) is 21.1. The van der Waals surface area contributed by atoms with Crippen molar-refractivity contribution in [2.24, 2.45) is 7.05 Å². The van der Waals surface area contributed by atoms with Crippen LogP contribution in [-0.4, -0.2) is 57.1 Å². The van der Waals surface area contributed by atoms with Crippen molar-refractivity contribution in [3.05, 3.63) is 59.4 Å². The molecule has 0 aliphatic carbocycles. The summed E-state index contributed by atoms with van der Waals surface area (Å²) < 4.78 is 7.40. The lowest BCUT2D eigenvalue weighted by Gasteiger charge is -2.38. The van der Waals surface area contributed by atoms with Crippen molar-refractivity contribution in [3.63, 3.8) is 0 Å². The first-order valence-electron chi connectivity index (χ1n) is 12.3. The van der Waals surface area contributed by atoms with E-state index >= 15 is 0 Å². The molecule has 0 spiro atoms. The number of fused-ring (bicyclic) bond motifs is 2. The molecular weight excluding hydrogens is 458 g/mol. The minimum atomic E-state index is -0.601. The van der Waals surface area contributed by atoms with Gasteiger partial charge in [-0.1, -0.05) is 12.1 Å². The molecule has 1 aromatic carbocycles. The summed E-state index contributed by atoms with van der Waals surface area (Å²) in [5, 5.41) is 2.82. The molecule has 0 bridgehead atoms. The van der Waals surface area contributed by atoms with Crippen LogP contribution in [0.3, 0.4) is 0 Å². The minimum Gasteiger partial charge on any atom is -0.444 e. The number of hydrogen-bond donors (Lipinski definition) is 1. The third kappa shape index (κ3) is 4.41. The summed E-state index contributed by atoms with van der Waals surface area (Å²) >= 11 is 0. The molecule has 4 heterocycles. The Bertz CT molecular complexity index is 1320. The number of carbonyl (C=O) groups is 3. The average Bonchev–Trinajstić information content (AvgIpc) is 3.32. The van der Waals surface area contributed by atoms with E-state index in [4.69, 9.17) is 9.72 Å². The van der Waals surface area contributed by atoms with Crippen molar-refractivity contribution in [1.29, 1.82) is 0 Å². The number of benzene rings is 1. The largest absolute Gasteiger partial charge is 0.444 e. The summed E-state index contributed by atoms with van der Waals surface area (Å²) in [6, 6.07) is 10.7. The SMILES string of the molecule is Cn1ccc2nc(CNC(=O)OC(C)(C)C)c(N3CCCC(N4C(=O)c5ccccc5C4=O)C3)cc21. The quantitative estimate of drug-likeness (QED) is 0.559. The topological polar surface area (TPSA) is 96.8 Å². The number of nitrogens with zero attached hydrogens (tertiary/aromatic N) is 4. The molecule has 36 heavy (non-hydrogen) atoms. The van der Waals surface area contributed by atoms with Crippen LogP contribution in [0.4, 0.5) is 10.5 Å². The highest BCUT2D eigenvalue weighted by atomic mass is 16.6. The lowest BCUT2D eigenvalue weighted by Crippen LogP contribution is -2.50. The number of carbonyl (C=O) groups excluding carboxylic acids is 3. The van der Waals surface area contributed by atoms with Gasteiger partial charge in [0, 0.05) is 26.3 Å². The monoisotopic (exact) mass is 489 g/mol. The van der Waals surface area contributed by atoms with Crippen molar-refractivity contribution in [1.82, 2.24) is 19.8 Å². The summed E-state index contributed by atoms with van der Waals surface area (Å²) in [6.07, 6.45) is 3.01. The van der Waals surface area contributed by atoms with E-state index in [1.54, 1.807) is 24.3 Å². The highest BCUT2D eigenvalue weighted by Gasteiger charge is 2.41. The molecule has 5 rings (SSSR count). The van der Waals surface area contributed by atoms with Crippen molar-refractivity contribution in [2.75, 3.05) is 18.0 Å². The van der Waals surface area contributed by atoms with Gasteiger partial charge in [0.2, 0.25) is 0 Å². The third-order valence-corrected chi connectivity index (χ3v) is 6.65. The summed E-state index contributed by atoms with van der Waals surface area (Å²) in [7, 11) is 1.96. The molecule has 1 unspecified atom stereocenters. The van der Waals surface area contributed by atoms with Crippen LogP contribution in [-0.2, 0) is 18.3 Å². The molecule has 0 saturated carbocycles. The van der Waals surface area contributed by atoms with E-state index in [9.17, 15) is 14.4 Å². The Morgan fingerprint density at radius 3 is 2.50 bits per heavy atom. The molecule has 0 radical (unpaired) electrons. The van der Waals surface area contributed by atoms with Gasteiger partial charge < -0.3 is 19.5 Å². The molecule has 3 aromatic rings. The van der Waals surface area contributed by atoms with Crippen LogP contribution in [0.25, 0.3) is 11.0 Å². The number of ether oxygens (including phenoxy) is 1. The summed E-state index contributed by atoms with van der Waals surface area (Å²) in [5.74, 6) is -0.462. The smallest absolute Gasteiger partial charge is 0.407 e. The van der Waals surface area contributed by atoms with Crippen molar-refractivity contribution in [2.45, 2.75) is 51.8 Å². The Labute approximate surface area is 210 Å². The minimum absolute atomic E-state index is 0.198. The number of imide groups is 1. The van der Waals surface area contributed by atoms with Gasteiger partial charge in [-0.2, -0.15) is 0 Å². The molecule has 1 N–H and O–H groups in total. The summed E-state index contributed by atoms with van der Waals surface area (Å²) in [4.78, 5) is 47.0.